The van der Waals surface area contributed by atoms with Crippen LogP contribution in [-0.4, -0.2) is 101 Å². The molecule has 3 aliphatic rings. The van der Waals surface area contributed by atoms with Crippen LogP contribution in [0.15, 0.2) is 73.0 Å². The molecule has 0 bridgehead atoms. The maximum absolute atomic E-state index is 10.2. The molecule has 688 valence electrons. The molecular weight excluding hydrogens is 2360 g/mol. The summed E-state index contributed by atoms with van der Waals surface area (Å²) >= 11 is -1.89. The van der Waals surface area contributed by atoms with Gasteiger partial charge in [-0.15, -0.1) is 0 Å². The molecule has 2 aromatic carbocycles. The van der Waals surface area contributed by atoms with Crippen LogP contribution in [0.5, 0.6) is 0 Å². The van der Waals surface area contributed by atoms with E-state index in [4.69, 9.17) is 133 Å². The minimum absolute atomic E-state index is 0. The molecule has 2 aromatic rings. The first kappa shape index (κ1) is 139. The first-order valence-electron chi connectivity index (χ1n) is 38.6. The number of aliphatic carboxylic acids is 5. The van der Waals surface area contributed by atoms with Crippen LogP contribution in [0.1, 0.15) is 347 Å². The summed E-state index contributed by atoms with van der Waals surface area (Å²) in [7, 11) is 39.0. The zero-order chi connectivity index (χ0) is 88.4. The van der Waals surface area contributed by atoms with Crippen molar-refractivity contribution in [1.29, 1.82) is 0 Å². The predicted octanol–water partition coefficient (Wildman–Crippen LogP) is 31.5. The summed E-state index contributed by atoms with van der Waals surface area (Å²) in [4.78, 5) is 70.8. The Labute approximate surface area is 757 Å². The van der Waals surface area contributed by atoms with Crippen LogP contribution in [0.2, 0.25) is 0 Å². The minimum atomic E-state index is -0.879. The first-order valence-corrected chi connectivity index (χ1v) is 61.2. The average molecular weight is 2510 g/mol. The topological polar surface area (TPSA) is 420 Å². The molecule has 3 fully saturated rings. The number of carboxylic acids is 7. The number of carbonyl (C=O) groups is 7. The second-order valence-corrected chi connectivity index (χ2v) is 41.5. The van der Waals surface area contributed by atoms with Crippen LogP contribution in [-0.2, 0) is 89.9 Å². The number of unbranched alkanes of at least 4 members (excludes halogenated alkanes) is 20. The number of aromatic carboxylic acids is 2. The number of halogens is 8. The summed E-state index contributed by atoms with van der Waals surface area (Å²) in [6, 6.07) is 17.0. The normalized spacial score (nSPS) is 15.8. The fraction of sp³-hybridized carbons (Fsp3) is 0.707. The number of aliphatic hydroxyl groups is 1. The number of rotatable bonds is 30. The third-order valence-electron chi connectivity index (χ3n) is 16.3. The van der Waals surface area contributed by atoms with Crippen molar-refractivity contribution in [2.24, 2.45) is 28.6 Å². The Balaban J connectivity index is -0.0000000990. The number of nitrogens with one attached hydrogen (secondary N) is 3. The molecule has 0 amide bonds. The Hall–Kier alpha value is -0.857. The molecular formula is C82H149Cl8N5O15Pt4. The van der Waals surface area contributed by atoms with Gasteiger partial charge < -0.3 is 91.1 Å². The third-order valence-corrected chi connectivity index (χ3v) is 16.3. The number of nitrogens with two attached hydrogens (primary N) is 2. The summed E-state index contributed by atoms with van der Waals surface area (Å²) in [6.07, 6.45) is 43.4. The second-order valence-electron chi connectivity index (χ2n) is 28.4. The summed E-state index contributed by atoms with van der Waals surface area (Å²) in [5.41, 5.74) is 22.2. The van der Waals surface area contributed by atoms with Gasteiger partial charge in [-0.1, -0.05) is 297 Å². The van der Waals surface area contributed by atoms with Crippen molar-refractivity contribution in [2.75, 3.05) is 0 Å². The summed E-state index contributed by atoms with van der Waals surface area (Å²) in [5.74, 6) is -3.68. The molecule has 32 heteroatoms. The van der Waals surface area contributed by atoms with Gasteiger partial charge >= 0.3 is 183 Å². The SMILES string of the molecule is C=C(O)C(C)(C)C.CC(C)(C)C(=O)O.CCCCCCCC(=O)O.CCCCCCCC(=O)O.CCCCCCCCCC(=O)O.CCCCCCCCCC(=O)O.O=C(O)c1ccccc1.O=C(O)c1ccccc1.[CH2-][C@@H]1CCCC[C@H]1[NH-].[CH2-][C@@H]1CCCC[C@H]1[NH-].[CH2-][C@@H]1CCCC[C@H]1[NH-].[Cl][Pt+2][Cl].[Cl][Pt+2][Cl].[Cl][Pt+2][Cl].[Cl][Pt+2][Cl].[NH2-].[NH2-]. The number of hydrogen-bond acceptors (Lipinski definition) is 8. The van der Waals surface area contributed by atoms with Crippen LogP contribution in [0.4, 0.5) is 0 Å². The molecule has 0 heterocycles. The van der Waals surface area contributed by atoms with Crippen LogP contribution in [0.3, 0.4) is 0 Å². The van der Waals surface area contributed by atoms with Gasteiger partial charge in [-0.2, -0.15) is 35.9 Å². The van der Waals surface area contributed by atoms with Gasteiger partial charge in [0.05, 0.1) is 22.3 Å². The van der Waals surface area contributed by atoms with Gasteiger partial charge in [0, 0.05) is 31.1 Å². The molecule has 5 rings (SSSR count). The van der Waals surface area contributed by atoms with Crippen molar-refractivity contribution in [1.82, 2.24) is 0 Å². The Morgan fingerprint density at radius 3 is 0.614 bits per heavy atom. The second kappa shape index (κ2) is 108. The molecule has 0 saturated heterocycles. The van der Waals surface area contributed by atoms with Gasteiger partial charge in [-0.3, -0.25) is 24.0 Å². The van der Waals surface area contributed by atoms with Gasteiger partial charge in [0.1, 0.15) is 0 Å². The molecule has 20 nitrogen and oxygen atoms in total. The van der Waals surface area contributed by atoms with Crippen molar-refractivity contribution in [2.45, 2.75) is 344 Å². The molecule has 0 radical (unpaired) electrons. The van der Waals surface area contributed by atoms with Crippen LogP contribution < -0.4 is 0 Å². The number of aliphatic hydroxyl groups excluding tert-OH is 1. The minimum Gasteiger partial charge on any atom is -0.693 e. The Morgan fingerprint density at radius 2 is 0.509 bits per heavy atom. The van der Waals surface area contributed by atoms with Gasteiger partial charge in [-0.25, -0.2) is 9.59 Å². The van der Waals surface area contributed by atoms with Crippen LogP contribution in [0.25, 0.3) is 29.5 Å². The van der Waals surface area contributed by atoms with E-state index in [2.05, 4.69) is 55.0 Å². The quantitative estimate of drug-likeness (QED) is 0.0205. The van der Waals surface area contributed by atoms with Crippen LogP contribution in [0, 0.1) is 49.4 Å². The standard InChI is InChI=1S/2C10H20O2.2C8H16O2.3C7H13N.2C7H6O2.C6H12O.C5H10O2.8ClH.2H2N.4Pt/c2*1-2-3-4-5-6-7-8-9-10(11)12;2*1-2-3-4-5-6-7-8(9)10;3*1-6-4-2-3-5-7(6)8;2*8-7(9)6-4-2-1-3-5-6;1-5(7)6(2,3)4;1-5(2,3)4(6)7;;;;;;;;;;;;;;/h2*2-9H2,1H3,(H,11,12);2*2-7H2,1H3,(H,9,10);3*6-8H,1-5H2;2*1-5H,(H,8,9);7H,1H2,2-4H3;1-3H3,(H,6,7);8*1H;2*1H2;;;;/q;;;;3*-2;;;;;;;;;;;;;2*-1;4*+4/p-8/t;;;;3*6-,7-;;;;;;;;;;;;;;;;;;/m....111................../s1. The molecule has 0 aliphatic heterocycles. The van der Waals surface area contributed by atoms with E-state index < -0.39 is 113 Å². The predicted molar refractivity (Wildman–Crippen MR) is 471 cm³/mol. The Kier molecular flexibility index (Phi) is 132. The van der Waals surface area contributed by atoms with E-state index >= 15 is 0 Å². The number of carboxylic acid groups (broad SMARTS) is 7. The van der Waals surface area contributed by atoms with E-state index in [1.807, 2.05) is 20.8 Å². The Bertz CT molecular complexity index is 2170. The van der Waals surface area contributed by atoms with Gasteiger partial charge in [0.15, 0.2) is 0 Å². The van der Waals surface area contributed by atoms with Gasteiger partial charge in [-0.05, 0) is 70.7 Å². The number of benzene rings is 2. The molecule has 0 aromatic heterocycles. The largest absolute Gasteiger partial charge is 0.693 e. The van der Waals surface area contributed by atoms with Gasteiger partial charge in [0.25, 0.3) is 0 Å². The maximum Gasteiger partial charge on any atom is -0.693 e. The smallest absolute Gasteiger partial charge is 0.693 e. The van der Waals surface area contributed by atoms with Crippen molar-refractivity contribution in [3.8, 4) is 0 Å². The molecule has 114 heavy (non-hydrogen) atoms. The van der Waals surface area contributed by atoms with Crippen molar-refractivity contribution < 1.29 is 140 Å². The van der Waals surface area contributed by atoms with Crippen molar-refractivity contribution in [3.05, 3.63) is 134 Å². The molecule has 0 spiro atoms. The molecule has 0 unspecified atom stereocenters. The van der Waals surface area contributed by atoms with E-state index in [9.17, 15) is 33.6 Å². The zero-order valence-electron chi connectivity index (χ0n) is 69.7. The van der Waals surface area contributed by atoms with E-state index in [1.165, 1.54) is 161 Å². The van der Waals surface area contributed by atoms with E-state index in [0.717, 1.165) is 70.6 Å². The van der Waals surface area contributed by atoms with E-state index in [1.54, 1.807) is 81.4 Å². The zero-order valence-corrected chi connectivity index (χ0v) is 84.9. The summed E-state index contributed by atoms with van der Waals surface area (Å²) < 4.78 is 0. The van der Waals surface area contributed by atoms with Crippen molar-refractivity contribution in [3.63, 3.8) is 0 Å². The average Bonchev–Trinajstić information content (AvgIpc) is 0.951. The maximum atomic E-state index is 10.2. The number of allylic oxidation sites excluding steroid dienone is 1. The molecule has 6 atom stereocenters. The van der Waals surface area contributed by atoms with Gasteiger partial charge in [0.2, 0.25) is 0 Å². The first-order chi connectivity index (χ1) is 52.6. The number of hydrogen-bond donors (Lipinski definition) is 8. The van der Waals surface area contributed by atoms with Crippen LogP contribution >= 0.6 is 75.3 Å². The fourth-order valence-corrected chi connectivity index (χ4v) is 9.01. The van der Waals surface area contributed by atoms with E-state index in [0.29, 0.717) is 54.6 Å². The fourth-order valence-electron chi connectivity index (χ4n) is 9.01. The summed E-state index contributed by atoms with van der Waals surface area (Å²) in [5, 5.41) is 67.0. The molecule has 3 aliphatic carbocycles. The van der Waals surface area contributed by atoms with E-state index in [-0.39, 0.29) is 41.6 Å². The monoisotopic (exact) mass is 2500 g/mol. The molecule has 3 saturated carbocycles. The molecule has 15 N–H and O–H groups in total. The third kappa shape index (κ3) is 134. The van der Waals surface area contributed by atoms with Crippen molar-refractivity contribution >= 4 is 117 Å². The summed E-state index contributed by atoms with van der Waals surface area (Å²) in [6.45, 7) is 34.5. The Morgan fingerprint density at radius 1 is 0.351 bits per heavy atom.